The van der Waals surface area contributed by atoms with Gasteiger partial charge in [0, 0.05) is 32.2 Å². The van der Waals surface area contributed by atoms with E-state index in [1.807, 2.05) is 20.0 Å². The Labute approximate surface area is 109 Å². The Balaban J connectivity index is 2.51. The van der Waals surface area contributed by atoms with Gasteiger partial charge in [0.15, 0.2) is 0 Å². The standard InChI is InChI=1S/C12H24N6/c1-10-16-11(14-6-5-13-2)9-12(17-10)15-7-8-18(3)4/h9,13H,5-8H2,1-4H3,(H2,14,15,16,17). The van der Waals surface area contributed by atoms with Crippen LogP contribution in [0.15, 0.2) is 6.07 Å². The van der Waals surface area contributed by atoms with E-state index in [-0.39, 0.29) is 0 Å². The van der Waals surface area contributed by atoms with Crippen LogP contribution in [-0.4, -0.2) is 62.2 Å². The topological polar surface area (TPSA) is 65.1 Å². The molecule has 0 atom stereocenters. The Kier molecular flexibility index (Phi) is 6.38. The van der Waals surface area contributed by atoms with E-state index < -0.39 is 0 Å². The Morgan fingerprint density at radius 2 is 1.67 bits per heavy atom. The third-order valence-electron chi connectivity index (χ3n) is 2.38. The van der Waals surface area contributed by atoms with Crippen LogP contribution in [0.4, 0.5) is 11.6 Å². The summed E-state index contributed by atoms with van der Waals surface area (Å²) in [4.78, 5) is 10.8. The van der Waals surface area contributed by atoms with Crippen molar-refractivity contribution in [2.75, 3.05) is 58.0 Å². The lowest BCUT2D eigenvalue weighted by Crippen LogP contribution is -2.21. The minimum Gasteiger partial charge on any atom is -0.369 e. The third-order valence-corrected chi connectivity index (χ3v) is 2.38. The number of aryl methyl sites for hydroxylation is 1. The van der Waals surface area contributed by atoms with Gasteiger partial charge >= 0.3 is 0 Å². The van der Waals surface area contributed by atoms with Crippen molar-refractivity contribution < 1.29 is 0 Å². The average molecular weight is 252 g/mol. The predicted molar refractivity (Wildman–Crippen MR) is 76.2 cm³/mol. The highest BCUT2D eigenvalue weighted by Crippen LogP contribution is 2.10. The lowest BCUT2D eigenvalue weighted by atomic mass is 10.4. The molecule has 1 rings (SSSR count). The van der Waals surface area contributed by atoms with Gasteiger partial charge in [-0.05, 0) is 28.1 Å². The van der Waals surface area contributed by atoms with E-state index in [0.29, 0.717) is 0 Å². The largest absolute Gasteiger partial charge is 0.369 e. The van der Waals surface area contributed by atoms with Gasteiger partial charge in [0.05, 0.1) is 0 Å². The fourth-order valence-corrected chi connectivity index (χ4v) is 1.47. The number of rotatable bonds is 8. The van der Waals surface area contributed by atoms with Crippen LogP contribution in [-0.2, 0) is 0 Å². The summed E-state index contributed by atoms with van der Waals surface area (Å²) in [5, 5.41) is 9.65. The van der Waals surface area contributed by atoms with Gasteiger partial charge in [-0.3, -0.25) is 0 Å². The Morgan fingerprint density at radius 1 is 1.06 bits per heavy atom. The fraction of sp³-hybridized carbons (Fsp3) is 0.667. The molecule has 1 aromatic heterocycles. The predicted octanol–water partition coefficient (Wildman–Crippen LogP) is 0.390. The van der Waals surface area contributed by atoms with Gasteiger partial charge < -0.3 is 20.9 Å². The van der Waals surface area contributed by atoms with Crippen LogP contribution in [0, 0.1) is 6.92 Å². The molecule has 0 radical (unpaired) electrons. The highest BCUT2D eigenvalue weighted by atomic mass is 15.1. The van der Waals surface area contributed by atoms with Crippen molar-refractivity contribution in [3.8, 4) is 0 Å². The molecule has 102 valence electrons. The first kappa shape index (κ1) is 14.7. The molecule has 6 nitrogen and oxygen atoms in total. The number of nitrogens with one attached hydrogen (secondary N) is 3. The Morgan fingerprint density at radius 3 is 2.22 bits per heavy atom. The SMILES string of the molecule is CNCCNc1cc(NCCN(C)C)nc(C)n1. The van der Waals surface area contributed by atoms with Crippen LogP contribution in [0.1, 0.15) is 5.82 Å². The minimum atomic E-state index is 0.775. The molecule has 0 spiro atoms. The van der Waals surface area contributed by atoms with Gasteiger partial charge in [-0.1, -0.05) is 0 Å². The maximum atomic E-state index is 4.36. The van der Waals surface area contributed by atoms with Crippen LogP contribution >= 0.6 is 0 Å². The number of aromatic nitrogens is 2. The van der Waals surface area contributed by atoms with Crippen molar-refractivity contribution in [1.29, 1.82) is 0 Å². The first-order valence-corrected chi connectivity index (χ1v) is 6.24. The Hall–Kier alpha value is -1.40. The zero-order chi connectivity index (χ0) is 13.4. The van der Waals surface area contributed by atoms with Crippen molar-refractivity contribution in [2.24, 2.45) is 0 Å². The normalized spacial score (nSPS) is 10.7. The average Bonchev–Trinajstić information content (AvgIpc) is 2.28. The van der Waals surface area contributed by atoms with Gasteiger partial charge in [-0.25, -0.2) is 9.97 Å². The van der Waals surface area contributed by atoms with E-state index in [4.69, 9.17) is 0 Å². The van der Waals surface area contributed by atoms with Gasteiger partial charge in [0.2, 0.25) is 0 Å². The molecule has 6 heteroatoms. The lowest BCUT2D eigenvalue weighted by Gasteiger charge is -2.12. The van der Waals surface area contributed by atoms with Gasteiger partial charge in [0.1, 0.15) is 17.5 Å². The molecular weight excluding hydrogens is 228 g/mol. The second-order valence-electron chi connectivity index (χ2n) is 4.45. The molecule has 0 fully saturated rings. The van der Waals surface area contributed by atoms with Crippen molar-refractivity contribution >= 4 is 11.6 Å². The highest BCUT2D eigenvalue weighted by Gasteiger charge is 2.01. The van der Waals surface area contributed by atoms with E-state index in [2.05, 4.69) is 44.9 Å². The molecule has 18 heavy (non-hydrogen) atoms. The summed E-state index contributed by atoms with van der Waals surface area (Å²) in [5.74, 6) is 2.51. The summed E-state index contributed by atoms with van der Waals surface area (Å²) in [6.45, 7) is 5.52. The molecular formula is C12H24N6. The second kappa shape index (κ2) is 7.84. The number of likely N-dealkylation sites (N-methyl/N-ethyl adjacent to an activating group) is 2. The van der Waals surface area contributed by atoms with Crippen molar-refractivity contribution in [3.05, 3.63) is 11.9 Å². The van der Waals surface area contributed by atoms with E-state index >= 15 is 0 Å². The number of hydrogen-bond donors (Lipinski definition) is 3. The summed E-state index contributed by atoms with van der Waals surface area (Å²) in [6, 6.07) is 1.94. The van der Waals surface area contributed by atoms with Crippen LogP contribution in [0.5, 0.6) is 0 Å². The summed E-state index contributed by atoms with van der Waals surface area (Å²) in [5.41, 5.74) is 0. The van der Waals surface area contributed by atoms with Crippen molar-refractivity contribution in [1.82, 2.24) is 20.2 Å². The van der Waals surface area contributed by atoms with E-state index in [0.717, 1.165) is 43.6 Å². The molecule has 0 aliphatic rings. The maximum absolute atomic E-state index is 4.36. The van der Waals surface area contributed by atoms with Crippen molar-refractivity contribution in [3.63, 3.8) is 0 Å². The van der Waals surface area contributed by atoms with Gasteiger partial charge in [0.25, 0.3) is 0 Å². The number of nitrogens with zero attached hydrogens (tertiary/aromatic N) is 3. The zero-order valence-corrected chi connectivity index (χ0v) is 11.7. The lowest BCUT2D eigenvalue weighted by molar-refractivity contribution is 0.425. The molecule has 3 N–H and O–H groups in total. The molecule has 0 bridgehead atoms. The molecule has 0 aliphatic carbocycles. The smallest absolute Gasteiger partial charge is 0.131 e. The summed E-state index contributed by atoms with van der Waals surface area (Å²) >= 11 is 0. The number of hydrogen-bond acceptors (Lipinski definition) is 6. The minimum absolute atomic E-state index is 0.775. The van der Waals surface area contributed by atoms with Crippen LogP contribution in [0.3, 0.4) is 0 Å². The molecule has 0 aromatic carbocycles. The van der Waals surface area contributed by atoms with Crippen LogP contribution < -0.4 is 16.0 Å². The molecule has 0 saturated carbocycles. The monoisotopic (exact) mass is 252 g/mol. The zero-order valence-electron chi connectivity index (χ0n) is 11.7. The van der Waals surface area contributed by atoms with Gasteiger partial charge in [-0.2, -0.15) is 0 Å². The van der Waals surface area contributed by atoms with E-state index in [1.165, 1.54) is 0 Å². The van der Waals surface area contributed by atoms with Crippen LogP contribution in [0.25, 0.3) is 0 Å². The fourth-order valence-electron chi connectivity index (χ4n) is 1.47. The molecule has 0 saturated heterocycles. The molecule has 1 aromatic rings. The van der Waals surface area contributed by atoms with E-state index in [9.17, 15) is 0 Å². The maximum Gasteiger partial charge on any atom is 0.131 e. The molecule has 0 aliphatic heterocycles. The molecule has 1 heterocycles. The third kappa shape index (κ3) is 5.79. The van der Waals surface area contributed by atoms with Gasteiger partial charge in [-0.15, -0.1) is 0 Å². The van der Waals surface area contributed by atoms with Crippen molar-refractivity contribution in [2.45, 2.75) is 6.92 Å². The summed E-state index contributed by atoms with van der Waals surface area (Å²) in [6.07, 6.45) is 0. The summed E-state index contributed by atoms with van der Waals surface area (Å²) < 4.78 is 0. The number of anilines is 2. The molecule has 0 amide bonds. The highest BCUT2D eigenvalue weighted by molar-refractivity contribution is 5.47. The second-order valence-corrected chi connectivity index (χ2v) is 4.45. The first-order valence-electron chi connectivity index (χ1n) is 6.24. The van der Waals surface area contributed by atoms with E-state index in [1.54, 1.807) is 0 Å². The van der Waals surface area contributed by atoms with Crippen LogP contribution in [0.2, 0.25) is 0 Å². The molecule has 0 unspecified atom stereocenters. The Bertz CT molecular complexity index is 352. The quantitative estimate of drug-likeness (QED) is 0.582. The first-order chi connectivity index (χ1) is 8.61. The summed E-state index contributed by atoms with van der Waals surface area (Å²) in [7, 11) is 6.04.